The number of aromatic nitrogens is 1. The molecule has 0 saturated heterocycles. The molecule has 3 aromatic rings. The highest BCUT2D eigenvalue weighted by atomic mass is 16.3. The summed E-state index contributed by atoms with van der Waals surface area (Å²) in [5.74, 6) is 0.657. The lowest BCUT2D eigenvalue weighted by molar-refractivity contribution is -0.126. The molecular formula is C22H23N3O2. The van der Waals surface area contributed by atoms with Crippen LogP contribution in [0, 0.1) is 11.8 Å². The molecule has 1 aliphatic heterocycles. The van der Waals surface area contributed by atoms with Crippen LogP contribution >= 0.6 is 0 Å². The second-order valence-corrected chi connectivity index (χ2v) is 7.08. The summed E-state index contributed by atoms with van der Waals surface area (Å²) >= 11 is 0. The number of benzene rings is 2. The quantitative estimate of drug-likeness (QED) is 0.712. The summed E-state index contributed by atoms with van der Waals surface area (Å²) < 4.78 is 5.98. The molecular weight excluding hydrogens is 338 g/mol. The van der Waals surface area contributed by atoms with Gasteiger partial charge in [-0.25, -0.2) is 10.4 Å². The Hall–Kier alpha value is -2.95. The van der Waals surface area contributed by atoms with Crippen molar-refractivity contribution in [3.05, 3.63) is 54.1 Å². The predicted octanol–water partition coefficient (Wildman–Crippen LogP) is 4.77. The second kappa shape index (κ2) is 7.35. The molecule has 2 atom stereocenters. The molecule has 4 rings (SSSR count). The number of hydrogen-bond acceptors (Lipinski definition) is 4. The van der Waals surface area contributed by atoms with Gasteiger partial charge < -0.3 is 4.42 Å². The summed E-state index contributed by atoms with van der Waals surface area (Å²) in [6, 6.07) is 15.8. The first-order chi connectivity index (χ1) is 13.2. The standard InChI is InChI=1S/C22H23N3O2/c1-3-4-10-17-14(2)20(24-25-21(17)26)16-11-12-18-19(13-16)27-22(23-18)15-8-6-5-7-9-15/h5-9,11-14,17H,3-4,10H2,1-2H3,(H,25,26)/t14-,17-/m0/s1. The number of hydrazone groups is 1. The van der Waals surface area contributed by atoms with Crippen molar-refractivity contribution in [1.82, 2.24) is 10.4 Å². The average Bonchev–Trinajstić information content (AvgIpc) is 3.12. The molecule has 5 heteroatoms. The minimum absolute atomic E-state index is 0.0202. The third kappa shape index (κ3) is 3.37. The van der Waals surface area contributed by atoms with Crippen molar-refractivity contribution in [2.24, 2.45) is 16.9 Å². The van der Waals surface area contributed by atoms with Crippen LogP contribution < -0.4 is 5.43 Å². The molecule has 2 heterocycles. The van der Waals surface area contributed by atoms with Gasteiger partial charge in [0.2, 0.25) is 11.8 Å². The molecule has 1 aromatic heterocycles. The lowest BCUT2D eigenvalue weighted by Crippen LogP contribution is -2.41. The zero-order valence-electron chi connectivity index (χ0n) is 15.6. The number of unbranched alkanes of at least 4 members (excludes halogenated alkanes) is 1. The Balaban J connectivity index is 1.66. The summed E-state index contributed by atoms with van der Waals surface area (Å²) in [6.07, 6.45) is 3.00. The highest BCUT2D eigenvalue weighted by molar-refractivity contribution is 6.07. The minimum Gasteiger partial charge on any atom is -0.436 e. The number of amides is 1. The van der Waals surface area contributed by atoms with Gasteiger partial charge in [0, 0.05) is 23.0 Å². The summed E-state index contributed by atoms with van der Waals surface area (Å²) in [4.78, 5) is 16.8. The van der Waals surface area contributed by atoms with E-state index < -0.39 is 0 Å². The number of oxazole rings is 1. The van der Waals surface area contributed by atoms with Crippen LogP contribution in [0.15, 0.2) is 58.0 Å². The Bertz CT molecular complexity index is 991. The number of carbonyl (C=O) groups excluding carboxylic acids is 1. The Labute approximate surface area is 158 Å². The fourth-order valence-electron chi connectivity index (χ4n) is 3.64. The molecule has 0 bridgehead atoms. The lowest BCUT2D eigenvalue weighted by atomic mass is 9.82. The second-order valence-electron chi connectivity index (χ2n) is 7.08. The van der Waals surface area contributed by atoms with Gasteiger partial charge in [0.25, 0.3) is 0 Å². The molecule has 0 radical (unpaired) electrons. The zero-order chi connectivity index (χ0) is 18.8. The van der Waals surface area contributed by atoms with E-state index in [0.717, 1.165) is 47.2 Å². The molecule has 27 heavy (non-hydrogen) atoms. The summed E-state index contributed by atoms with van der Waals surface area (Å²) in [6.45, 7) is 4.22. The van der Waals surface area contributed by atoms with E-state index in [1.807, 2.05) is 48.5 Å². The van der Waals surface area contributed by atoms with Gasteiger partial charge in [-0.1, -0.05) is 51.0 Å². The van der Waals surface area contributed by atoms with Crippen LogP contribution in [0.2, 0.25) is 0 Å². The van der Waals surface area contributed by atoms with E-state index in [2.05, 4.69) is 29.4 Å². The summed E-state index contributed by atoms with van der Waals surface area (Å²) in [5.41, 5.74) is 7.05. The Morgan fingerprint density at radius 2 is 1.93 bits per heavy atom. The Morgan fingerprint density at radius 1 is 1.11 bits per heavy atom. The third-order valence-corrected chi connectivity index (χ3v) is 5.23. The monoisotopic (exact) mass is 361 g/mol. The van der Waals surface area contributed by atoms with E-state index in [0.29, 0.717) is 5.89 Å². The summed E-state index contributed by atoms with van der Waals surface area (Å²) in [5, 5.41) is 4.35. The van der Waals surface area contributed by atoms with Crippen molar-refractivity contribution in [3.8, 4) is 11.5 Å². The molecule has 1 N–H and O–H groups in total. The maximum atomic E-state index is 12.2. The van der Waals surface area contributed by atoms with E-state index in [1.54, 1.807) is 0 Å². The molecule has 138 valence electrons. The first-order valence-electron chi connectivity index (χ1n) is 9.51. The van der Waals surface area contributed by atoms with E-state index in [1.165, 1.54) is 0 Å². The van der Waals surface area contributed by atoms with Crippen LogP contribution in [0.1, 0.15) is 38.7 Å². The first-order valence-corrected chi connectivity index (χ1v) is 9.51. The SMILES string of the molecule is CCCC[C@@H]1C(=O)NN=C(c2ccc3nc(-c4ccccc4)oc3c2)[C@H]1C. The largest absolute Gasteiger partial charge is 0.436 e. The number of fused-ring (bicyclic) bond motifs is 1. The fourth-order valence-corrected chi connectivity index (χ4v) is 3.64. The van der Waals surface area contributed by atoms with Gasteiger partial charge in [0.1, 0.15) is 5.52 Å². The van der Waals surface area contributed by atoms with Crippen molar-refractivity contribution in [2.45, 2.75) is 33.1 Å². The fraction of sp³-hybridized carbons (Fsp3) is 0.318. The van der Waals surface area contributed by atoms with E-state index >= 15 is 0 Å². The van der Waals surface area contributed by atoms with E-state index in [4.69, 9.17) is 4.42 Å². The molecule has 0 aliphatic carbocycles. The molecule has 1 aliphatic rings. The molecule has 0 unspecified atom stereocenters. The van der Waals surface area contributed by atoms with Gasteiger partial charge in [0.15, 0.2) is 5.58 Å². The van der Waals surface area contributed by atoms with Crippen LogP contribution in [0.4, 0.5) is 0 Å². The van der Waals surface area contributed by atoms with Crippen molar-refractivity contribution in [2.75, 3.05) is 0 Å². The highest BCUT2D eigenvalue weighted by Crippen LogP contribution is 2.29. The van der Waals surface area contributed by atoms with Gasteiger partial charge in [0.05, 0.1) is 5.71 Å². The van der Waals surface area contributed by atoms with E-state index in [-0.39, 0.29) is 17.7 Å². The van der Waals surface area contributed by atoms with Gasteiger partial charge in [-0.2, -0.15) is 5.10 Å². The highest BCUT2D eigenvalue weighted by Gasteiger charge is 2.32. The molecule has 2 aromatic carbocycles. The zero-order valence-corrected chi connectivity index (χ0v) is 15.6. The normalized spacial score (nSPS) is 19.8. The van der Waals surface area contributed by atoms with Crippen molar-refractivity contribution in [3.63, 3.8) is 0 Å². The maximum Gasteiger partial charge on any atom is 0.243 e. The van der Waals surface area contributed by atoms with Gasteiger partial charge in [-0.05, 0) is 30.7 Å². The molecule has 0 spiro atoms. The molecule has 0 saturated carbocycles. The predicted molar refractivity (Wildman–Crippen MR) is 106 cm³/mol. The summed E-state index contributed by atoms with van der Waals surface area (Å²) in [7, 11) is 0. The topological polar surface area (TPSA) is 67.5 Å². The van der Waals surface area contributed by atoms with Gasteiger partial charge >= 0.3 is 0 Å². The van der Waals surface area contributed by atoms with Crippen LogP contribution in [0.3, 0.4) is 0 Å². The van der Waals surface area contributed by atoms with Crippen LogP contribution in [-0.2, 0) is 4.79 Å². The lowest BCUT2D eigenvalue weighted by Gasteiger charge is -2.28. The van der Waals surface area contributed by atoms with Crippen LogP contribution in [0.5, 0.6) is 0 Å². The van der Waals surface area contributed by atoms with Gasteiger partial charge in [-0.3, -0.25) is 4.79 Å². The van der Waals surface area contributed by atoms with Crippen molar-refractivity contribution < 1.29 is 9.21 Å². The number of rotatable bonds is 5. The minimum atomic E-state index is -0.0391. The van der Waals surface area contributed by atoms with Crippen molar-refractivity contribution in [1.29, 1.82) is 0 Å². The first kappa shape index (κ1) is 17.5. The average molecular weight is 361 g/mol. The Kier molecular flexibility index (Phi) is 4.75. The smallest absolute Gasteiger partial charge is 0.243 e. The van der Waals surface area contributed by atoms with Crippen LogP contribution in [-0.4, -0.2) is 16.6 Å². The molecule has 0 fully saturated rings. The maximum absolute atomic E-state index is 12.2. The number of hydrogen-bond donors (Lipinski definition) is 1. The third-order valence-electron chi connectivity index (χ3n) is 5.23. The number of carbonyl (C=O) groups is 1. The molecule has 1 amide bonds. The number of nitrogens with one attached hydrogen (secondary N) is 1. The molecule has 5 nitrogen and oxygen atoms in total. The van der Waals surface area contributed by atoms with Crippen LogP contribution in [0.25, 0.3) is 22.6 Å². The van der Waals surface area contributed by atoms with Gasteiger partial charge in [-0.15, -0.1) is 0 Å². The van der Waals surface area contributed by atoms with Crippen molar-refractivity contribution >= 4 is 22.7 Å². The number of nitrogens with zero attached hydrogens (tertiary/aromatic N) is 2. The Morgan fingerprint density at radius 3 is 2.70 bits per heavy atom. The van der Waals surface area contributed by atoms with E-state index in [9.17, 15) is 4.79 Å².